The van der Waals surface area contributed by atoms with Crippen LogP contribution in [0.1, 0.15) is 36.6 Å². The Balaban J connectivity index is 1.89. The van der Waals surface area contributed by atoms with Crippen LogP contribution in [0.5, 0.6) is 5.75 Å². The number of aliphatic hydroxyl groups excluding tert-OH is 3. The monoisotopic (exact) mass is 419 g/mol. The minimum atomic E-state index is -1.33. The first kappa shape index (κ1) is 21.6. The lowest BCUT2D eigenvalue weighted by Gasteiger charge is -2.43. The highest BCUT2D eigenvalue weighted by atomic mass is 35.5. The number of β-amino-alcohol motifs (C(OH)–C–C–N with tert-alkyl or cyclic N) is 1. The van der Waals surface area contributed by atoms with E-state index in [-0.39, 0.29) is 12.5 Å². The average Bonchev–Trinajstić information content (AvgIpc) is 2.69. The van der Waals surface area contributed by atoms with E-state index in [1.54, 1.807) is 12.1 Å². The molecule has 7 heteroatoms. The third-order valence-corrected chi connectivity index (χ3v) is 5.60. The van der Waals surface area contributed by atoms with Crippen molar-refractivity contribution in [3.8, 4) is 5.75 Å². The Hall–Kier alpha value is -2.12. The van der Waals surface area contributed by atoms with E-state index in [2.05, 4.69) is 0 Å². The van der Waals surface area contributed by atoms with E-state index >= 15 is 0 Å². The second-order valence-corrected chi connectivity index (χ2v) is 7.68. The summed E-state index contributed by atoms with van der Waals surface area (Å²) >= 11 is 6.40. The SMILES string of the molecule is CCOc1ccc(Cc2cc(C3C(O)C(O)C(O)CN3C(C)=O)ccc2Cl)cc1. The first-order valence-electron chi connectivity index (χ1n) is 9.63. The highest BCUT2D eigenvalue weighted by molar-refractivity contribution is 6.31. The second-order valence-electron chi connectivity index (χ2n) is 7.27. The second kappa shape index (κ2) is 9.13. The molecule has 1 heterocycles. The molecule has 3 N–H and O–H groups in total. The Labute approximate surface area is 175 Å². The van der Waals surface area contributed by atoms with Crippen molar-refractivity contribution in [2.24, 2.45) is 0 Å². The number of hydrogen-bond acceptors (Lipinski definition) is 5. The van der Waals surface area contributed by atoms with E-state index in [0.717, 1.165) is 16.9 Å². The normalized spacial score (nSPS) is 24.4. The van der Waals surface area contributed by atoms with E-state index in [1.807, 2.05) is 37.3 Å². The fraction of sp³-hybridized carbons (Fsp3) is 0.409. The molecule has 0 aliphatic carbocycles. The fourth-order valence-electron chi connectivity index (χ4n) is 3.73. The lowest BCUT2D eigenvalue weighted by molar-refractivity contribution is -0.161. The molecule has 1 aliphatic heterocycles. The molecule has 0 spiro atoms. The van der Waals surface area contributed by atoms with Gasteiger partial charge in [-0.05, 0) is 48.2 Å². The van der Waals surface area contributed by atoms with Crippen LogP contribution in [-0.2, 0) is 11.2 Å². The molecule has 0 radical (unpaired) electrons. The van der Waals surface area contributed by atoms with Crippen LogP contribution in [0, 0.1) is 0 Å². The van der Waals surface area contributed by atoms with Crippen LogP contribution >= 0.6 is 11.6 Å². The zero-order valence-electron chi connectivity index (χ0n) is 16.5. The Morgan fingerprint density at radius 2 is 1.83 bits per heavy atom. The number of nitrogens with zero attached hydrogens (tertiary/aromatic N) is 1. The Morgan fingerprint density at radius 1 is 1.14 bits per heavy atom. The van der Waals surface area contributed by atoms with E-state index in [4.69, 9.17) is 16.3 Å². The van der Waals surface area contributed by atoms with Crippen LogP contribution in [0.4, 0.5) is 0 Å². The number of likely N-dealkylation sites (tertiary alicyclic amines) is 1. The maximum Gasteiger partial charge on any atom is 0.220 e. The Morgan fingerprint density at radius 3 is 2.45 bits per heavy atom. The van der Waals surface area contributed by atoms with Crippen molar-refractivity contribution in [3.63, 3.8) is 0 Å². The molecule has 0 aromatic heterocycles. The molecule has 2 aromatic rings. The summed E-state index contributed by atoms with van der Waals surface area (Å²) < 4.78 is 5.46. The van der Waals surface area contributed by atoms with Crippen LogP contribution in [0.15, 0.2) is 42.5 Å². The molecule has 1 saturated heterocycles. The number of ether oxygens (including phenoxy) is 1. The first-order valence-corrected chi connectivity index (χ1v) is 10.0. The topological polar surface area (TPSA) is 90.2 Å². The molecule has 29 heavy (non-hydrogen) atoms. The van der Waals surface area contributed by atoms with Crippen LogP contribution < -0.4 is 4.74 Å². The van der Waals surface area contributed by atoms with Gasteiger partial charge in [-0.2, -0.15) is 0 Å². The van der Waals surface area contributed by atoms with Crippen LogP contribution in [0.2, 0.25) is 5.02 Å². The number of rotatable bonds is 5. The molecular formula is C22H26ClNO5. The molecule has 1 amide bonds. The summed E-state index contributed by atoms with van der Waals surface area (Å²) in [7, 11) is 0. The fourth-order valence-corrected chi connectivity index (χ4v) is 3.91. The van der Waals surface area contributed by atoms with Gasteiger partial charge in [0.05, 0.1) is 12.6 Å². The van der Waals surface area contributed by atoms with E-state index < -0.39 is 24.4 Å². The van der Waals surface area contributed by atoms with Crippen molar-refractivity contribution < 1.29 is 24.9 Å². The minimum absolute atomic E-state index is 0.0466. The van der Waals surface area contributed by atoms with Crippen molar-refractivity contribution in [3.05, 3.63) is 64.2 Å². The van der Waals surface area contributed by atoms with Crippen molar-refractivity contribution in [2.45, 2.75) is 44.6 Å². The number of carbonyl (C=O) groups excluding carboxylic acids is 1. The van der Waals surface area contributed by atoms with Crippen molar-refractivity contribution in [2.75, 3.05) is 13.2 Å². The minimum Gasteiger partial charge on any atom is -0.494 e. The molecule has 4 atom stereocenters. The van der Waals surface area contributed by atoms with Gasteiger partial charge < -0.3 is 25.0 Å². The maximum atomic E-state index is 12.1. The van der Waals surface area contributed by atoms with Crippen molar-refractivity contribution in [1.29, 1.82) is 0 Å². The lowest BCUT2D eigenvalue weighted by Crippen LogP contribution is -2.58. The van der Waals surface area contributed by atoms with Gasteiger partial charge in [-0.1, -0.05) is 35.9 Å². The summed E-state index contributed by atoms with van der Waals surface area (Å²) in [5, 5.41) is 31.2. The standard InChI is InChI=1S/C22H26ClNO5/c1-3-29-17-7-4-14(5-8-17)10-16-11-15(6-9-18(16)23)20-22(28)21(27)19(26)12-24(20)13(2)25/h4-9,11,19-22,26-28H,3,10,12H2,1-2H3. The van der Waals surface area contributed by atoms with E-state index in [9.17, 15) is 20.1 Å². The number of hydrogen-bond donors (Lipinski definition) is 3. The molecule has 2 aromatic carbocycles. The molecule has 0 bridgehead atoms. The predicted molar refractivity (Wildman–Crippen MR) is 110 cm³/mol. The average molecular weight is 420 g/mol. The molecular weight excluding hydrogens is 394 g/mol. The Kier molecular flexibility index (Phi) is 6.80. The third-order valence-electron chi connectivity index (χ3n) is 5.23. The number of aliphatic hydroxyl groups is 3. The summed E-state index contributed by atoms with van der Waals surface area (Å²) in [5.74, 6) is 0.508. The highest BCUT2D eigenvalue weighted by Gasteiger charge is 2.43. The molecule has 1 fully saturated rings. The quantitative estimate of drug-likeness (QED) is 0.692. The molecule has 3 rings (SSSR count). The lowest BCUT2D eigenvalue weighted by atomic mass is 9.87. The van der Waals surface area contributed by atoms with Crippen LogP contribution in [0.25, 0.3) is 0 Å². The molecule has 4 unspecified atom stereocenters. The maximum absolute atomic E-state index is 12.1. The molecule has 6 nitrogen and oxygen atoms in total. The number of benzene rings is 2. The van der Waals surface area contributed by atoms with Gasteiger partial charge in [-0.25, -0.2) is 0 Å². The van der Waals surface area contributed by atoms with Gasteiger partial charge in [0.15, 0.2) is 0 Å². The zero-order valence-corrected chi connectivity index (χ0v) is 17.2. The van der Waals surface area contributed by atoms with Crippen molar-refractivity contribution >= 4 is 17.5 Å². The van der Waals surface area contributed by atoms with Gasteiger partial charge in [0.1, 0.15) is 24.1 Å². The van der Waals surface area contributed by atoms with E-state index in [0.29, 0.717) is 23.6 Å². The largest absolute Gasteiger partial charge is 0.494 e. The smallest absolute Gasteiger partial charge is 0.220 e. The molecule has 1 aliphatic rings. The van der Waals surface area contributed by atoms with Gasteiger partial charge in [-0.3, -0.25) is 4.79 Å². The predicted octanol–water partition coefficient (Wildman–Crippen LogP) is 2.32. The van der Waals surface area contributed by atoms with Crippen molar-refractivity contribution in [1.82, 2.24) is 4.90 Å². The molecule has 0 saturated carbocycles. The van der Waals surface area contributed by atoms with E-state index in [1.165, 1.54) is 11.8 Å². The number of piperidine rings is 1. The van der Waals surface area contributed by atoms with Gasteiger partial charge in [0, 0.05) is 18.5 Å². The number of halogens is 1. The first-order chi connectivity index (χ1) is 13.8. The van der Waals surface area contributed by atoms with Crippen LogP contribution in [-0.4, -0.2) is 57.6 Å². The van der Waals surface area contributed by atoms with Gasteiger partial charge >= 0.3 is 0 Å². The summed E-state index contributed by atoms with van der Waals surface area (Å²) in [4.78, 5) is 13.5. The zero-order chi connectivity index (χ0) is 21.1. The Bertz CT molecular complexity index is 857. The summed E-state index contributed by atoms with van der Waals surface area (Å²) in [6.45, 7) is 3.86. The van der Waals surface area contributed by atoms with Gasteiger partial charge in [0.2, 0.25) is 5.91 Å². The van der Waals surface area contributed by atoms with Gasteiger partial charge in [0.25, 0.3) is 0 Å². The van der Waals surface area contributed by atoms with Crippen LogP contribution in [0.3, 0.4) is 0 Å². The van der Waals surface area contributed by atoms with Gasteiger partial charge in [-0.15, -0.1) is 0 Å². The molecule has 156 valence electrons. The number of carbonyl (C=O) groups is 1. The summed E-state index contributed by atoms with van der Waals surface area (Å²) in [6.07, 6.45) is -3.27. The number of amides is 1. The summed E-state index contributed by atoms with van der Waals surface area (Å²) in [6, 6.07) is 12.3. The third kappa shape index (κ3) is 4.73. The highest BCUT2D eigenvalue weighted by Crippen LogP contribution is 2.34. The summed E-state index contributed by atoms with van der Waals surface area (Å²) in [5.41, 5.74) is 2.53.